The van der Waals surface area contributed by atoms with Crippen molar-refractivity contribution in [1.82, 2.24) is 15.0 Å². The fourth-order valence-corrected chi connectivity index (χ4v) is 2.14. The quantitative estimate of drug-likeness (QED) is 0.913. The first kappa shape index (κ1) is 14.2. The van der Waals surface area contributed by atoms with Crippen LogP contribution < -0.4 is 0 Å². The molecule has 1 N–H and O–H groups in total. The van der Waals surface area contributed by atoms with E-state index in [1.54, 1.807) is 4.68 Å². The summed E-state index contributed by atoms with van der Waals surface area (Å²) in [7, 11) is 0. The van der Waals surface area contributed by atoms with Crippen LogP contribution >= 0.6 is 0 Å². The molecule has 0 fully saturated rings. The van der Waals surface area contributed by atoms with Gasteiger partial charge in [0, 0.05) is 5.41 Å². The van der Waals surface area contributed by atoms with Crippen LogP contribution in [0.25, 0.3) is 5.69 Å². The van der Waals surface area contributed by atoms with Crippen LogP contribution in [0.15, 0.2) is 18.2 Å². The molecule has 1 aromatic carbocycles. The smallest absolute Gasteiger partial charge is 0.358 e. The molecule has 0 amide bonds. The maximum Gasteiger partial charge on any atom is 0.358 e. The second-order valence-electron chi connectivity index (χ2n) is 6.02. The molecule has 0 saturated carbocycles. The Hall–Kier alpha value is -2.17. The molecule has 0 aliphatic heterocycles. The van der Waals surface area contributed by atoms with E-state index in [0.717, 1.165) is 11.3 Å². The monoisotopic (exact) mass is 273 g/mol. The Kier molecular flexibility index (Phi) is 3.38. The lowest BCUT2D eigenvalue weighted by atomic mass is 9.90. The number of hydrogen-bond donors (Lipinski definition) is 1. The topological polar surface area (TPSA) is 68.0 Å². The van der Waals surface area contributed by atoms with Crippen molar-refractivity contribution in [2.45, 2.75) is 40.0 Å². The van der Waals surface area contributed by atoms with Gasteiger partial charge < -0.3 is 5.11 Å². The third-order valence-electron chi connectivity index (χ3n) is 3.32. The zero-order chi connectivity index (χ0) is 15.1. The van der Waals surface area contributed by atoms with Gasteiger partial charge in [-0.1, -0.05) is 32.1 Å². The normalized spacial score (nSPS) is 11.7. The van der Waals surface area contributed by atoms with Crippen molar-refractivity contribution >= 4 is 5.97 Å². The van der Waals surface area contributed by atoms with Gasteiger partial charge in [-0.05, 0) is 37.1 Å². The highest BCUT2D eigenvalue weighted by atomic mass is 16.4. The lowest BCUT2D eigenvalue weighted by Gasteiger charge is -2.20. The van der Waals surface area contributed by atoms with Crippen molar-refractivity contribution in [3.8, 4) is 5.69 Å². The molecular weight excluding hydrogens is 254 g/mol. The van der Waals surface area contributed by atoms with Crippen LogP contribution in [0.3, 0.4) is 0 Å². The summed E-state index contributed by atoms with van der Waals surface area (Å²) in [6.07, 6.45) is 0. The molecular formula is C15H19N3O2. The first-order valence-electron chi connectivity index (χ1n) is 6.49. The Morgan fingerprint density at radius 3 is 2.35 bits per heavy atom. The highest BCUT2D eigenvalue weighted by Crippen LogP contribution is 2.27. The molecule has 1 heterocycles. The standard InChI is InChI=1S/C15H19N3O2/c1-9-6-7-11(8-10(9)2)18-13(15(3,4)5)12(14(19)20)16-17-18/h6-8H,1-5H3,(H,19,20). The van der Waals surface area contributed by atoms with Gasteiger partial charge in [-0.3, -0.25) is 0 Å². The second kappa shape index (κ2) is 4.74. The van der Waals surface area contributed by atoms with Gasteiger partial charge in [-0.2, -0.15) is 0 Å². The number of carboxylic acids is 1. The molecule has 2 rings (SSSR count). The first-order chi connectivity index (χ1) is 9.21. The van der Waals surface area contributed by atoms with Crippen LogP contribution in [-0.2, 0) is 5.41 Å². The Morgan fingerprint density at radius 1 is 1.20 bits per heavy atom. The molecule has 1 aromatic heterocycles. The van der Waals surface area contributed by atoms with Gasteiger partial charge in [0.2, 0.25) is 0 Å². The van der Waals surface area contributed by atoms with Crippen molar-refractivity contribution < 1.29 is 9.90 Å². The lowest BCUT2D eigenvalue weighted by molar-refractivity contribution is 0.0687. The van der Waals surface area contributed by atoms with E-state index in [2.05, 4.69) is 10.3 Å². The molecule has 0 atom stereocenters. The average Bonchev–Trinajstić information content (AvgIpc) is 2.77. The minimum atomic E-state index is -1.05. The summed E-state index contributed by atoms with van der Waals surface area (Å²) in [4.78, 5) is 11.3. The SMILES string of the molecule is Cc1ccc(-n2nnc(C(=O)O)c2C(C)(C)C)cc1C. The minimum Gasteiger partial charge on any atom is -0.476 e. The summed E-state index contributed by atoms with van der Waals surface area (Å²) in [5.41, 5.74) is 3.40. The number of aromatic nitrogens is 3. The number of aromatic carboxylic acids is 1. The molecule has 5 nitrogen and oxygen atoms in total. The van der Waals surface area contributed by atoms with Crippen molar-refractivity contribution in [1.29, 1.82) is 0 Å². The molecule has 0 spiro atoms. The van der Waals surface area contributed by atoms with E-state index in [0.29, 0.717) is 5.69 Å². The van der Waals surface area contributed by atoms with Crippen LogP contribution in [0.5, 0.6) is 0 Å². The van der Waals surface area contributed by atoms with Gasteiger partial charge in [0.05, 0.1) is 11.4 Å². The molecule has 0 bridgehead atoms. The third kappa shape index (κ3) is 2.43. The maximum atomic E-state index is 11.3. The van der Waals surface area contributed by atoms with Gasteiger partial charge in [0.25, 0.3) is 0 Å². The Balaban J connectivity index is 2.68. The summed E-state index contributed by atoms with van der Waals surface area (Å²) < 4.78 is 1.62. The van der Waals surface area contributed by atoms with Gasteiger partial charge in [-0.25, -0.2) is 9.48 Å². The number of benzene rings is 1. The third-order valence-corrected chi connectivity index (χ3v) is 3.32. The average molecular weight is 273 g/mol. The van der Waals surface area contributed by atoms with E-state index in [9.17, 15) is 9.90 Å². The molecule has 0 aliphatic rings. The summed E-state index contributed by atoms with van der Waals surface area (Å²) in [6.45, 7) is 9.92. The van der Waals surface area contributed by atoms with E-state index in [4.69, 9.17) is 0 Å². The Labute approximate surface area is 118 Å². The first-order valence-corrected chi connectivity index (χ1v) is 6.49. The summed E-state index contributed by atoms with van der Waals surface area (Å²) in [5, 5.41) is 17.1. The largest absolute Gasteiger partial charge is 0.476 e. The molecule has 0 aliphatic carbocycles. The predicted octanol–water partition coefficient (Wildman–Crippen LogP) is 2.88. The number of nitrogens with zero attached hydrogens (tertiary/aromatic N) is 3. The van der Waals surface area contributed by atoms with Gasteiger partial charge in [0.15, 0.2) is 5.69 Å². The van der Waals surface area contributed by atoms with E-state index in [1.807, 2.05) is 52.8 Å². The summed E-state index contributed by atoms with van der Waals surface area (Å²) >= 11 is 0. The maximum absolute atomic E-state index is 11.3. The van der Waals surface area contributed by atoms with E-state index in [1.165, 1.54) is 5.56 Å². The molecule has 106 valence electrons. The summed E-state index contributed by atoms with van der Waals surface area (Å²) in [5.74, 6) is -1.05. The molecule has 0 unspecified atom stereocenters. The molecule has 2 aromatic rings. The molecule has 0 saturated heterocycles. The number of carbonyl (C=O) groups is 1. The van der Waals surface area contributed by atoms with E-state index < -0.39 is 5.97 Å². The fraction of sp³-hybridized carbons (Fsp3) is 0.400. The Bertz CT molecular complexity index is 666. The highest BCUT2D eigenvalue weighted by Gasteiger charge is 2.29. The number of hydrogen-bond acceptors (Lipinski definition) is 3. The predicted molar refractivity (Wildman–Crippen MR) is 76.5 cm³/mol. The summed E-state index contributed by atoms with van der Waals surface area (Å²) in [6, 6.07) is 5.92. The van der Waals surface area contributed by atoms with E-state index in [-0.39, 0.29) is 11.1 Å². The number of rotatable bonds is 2. The fourth-order valence-electron chi connectivity index (χ4n) is 2.14. The van der Waals surface area contributed by atoms with Gasteiger partial charge >= 0.3 is 5.97 Å². The molecule has 20 heavy (non-hydrogen) atoms. The molecule has 5 heteroatoms. The van der Waals surface area contributed by atoms with Crippen molar-refractivity contribution in [3.05, 3.63) is 40.7 Å². The van der Waals surface area contributed by atoms with Crippen LogP contribution in [0.1, 0.15) is 48.1 Å². The van der Waals surface area contributed by atoms with Crippen LogP contribution in [0, 0.1) is 13.8 Å². The molecule has 0 radical (unpaired) electrons. The zero-order valence-corrected chi connectivity index (χ0v) is 12.4. The van der Waals surface area contributed by atoms with Crippen LogP contribution in [0.4, 0.5) is 0 Å². The van der Waals surface area contributed by atoms with Crippen molar-refractivity contribution in [3.63, 3.8) is 0 Å². The van der Waals surface area contributed by atoms with Gasteiger partial charge in [0.1, 0.15) is 0 Å². The lowest BCUT2D eigenvalue weighted by Crippen LogP contribution is -2.21. The Morgan fingerprint density at radius 2 is 1.85 bits per heavy atom. The second-order valence-corrected chi connectivity index (χ2v) is 6.02. The van der Waals surface area contributed by atoms with Crippen molar-refractivity contribution in [2.24, 2.45) is 0 Å². The zero-order valence-electron chi connectivity index (χ0n) is 12.4. The minimum absolute atomic E-state index is 0.00993. The number of aryl methyl sites for hydroxylation is 2. The number of carboxylic acid groups (broad SMARTS) is 1. The van der Waals surface area contributed by atoms with Crippen molar-refractivity contribution in [2.75, 3.05) is 0 Å². The van der Waals surface area contributed by atoms with E-state index >= 15 is 0 Å². The van der Waals surface area contributed by atoms with Crippen LogP contribution in [0.2, 0.25) is 0 Å². The van der Waals surface area contributed by atoms with Crippen LogP contribution in [-0.4, -0.2) is 26.1 Å². The highest BCUT2D eigenvalue weighted by molar-refractivity contribution is 5.87. The van der Waals surface area contributed by atoms with Gasteiger partial charge in [-0.15, -0.1) is 5.10 Å².